The smallest absolute Gasteiger partial charge is 0.151 e. The van der Waals surface area contributed by atoms with Gasteiger partial charge in [-0.1, -0.05) is 11.6 Å². The molecule has 0 aliphatic heterocycles. The Balaban J connectivity index is 2.39. The molecule has 0 fully saturated rings. The molecule has 0 aliphatic rings. The minimum absolute atomic E-state index is 0.213. The van der Waals surface area contributed by atoms with Crippen LogP contribution in [-0.2, 0) is 4.74 Å². The molecule has 1 aromatic rings. The van der Waals surface area contributed by atoms with Crippen molar-refractivity contribution in [2.45, 2.75) is 19.9 Å². The van der Waals surface area contributed by atoms with Gasteiger partial charge in [0.1, 0.15) is 5.82 Å². The topological polar surface area (TPSA) is 47.0 Å². The Bertz CT molecular complexity index is 265. The summed E-state index contributed by atoms with van der Waals surface area (Å²) in [7, 11) is 0. The molecule has 0 aliphatic carbocycles. The van der Waals surface area contributed by atoms with Crippen LogP contribution in [0.15, 0.2) is 12.1 Å². The Morgan fingerprint density at radius 1 is 1.50 bits per heavy atom. The third kappa shape index (κ3) is 3.89. The lowest BCUT2D eigenvalue weighted by Crippen LogP contribution is -2.22. The highest BCUT2D eigenvalue weighted by Gasteiger charge is 2.02. The van der Waals surface area contributed by atoms with Gasteiger partial charge in [-0.05, 0) is 26.0 Å². The highest BCUT2D eigenvalue weighted by atomic mass is 35.5. The molecule has 1 rings (SSSR count). The van der Waals surface area contributed by atoms with E-state index in [0.29, 0.717) is 17.6 Å². The quantitative estimate of drug-likeness (QED) is 0.816. The number of halogens is 1. The van der Waals surface area contributed by atoms with E-state index in [0.717, 1.165) is 6.61 Å². The molecule has 1 N–H and O–H groups in total. The first-order valence-electron chi connectivity index (χ1n) is 4.56. The summed E-state index contributed by atoms with van der Waals surface area (Å²) in [6.45, 7) is 5.36. The largest absolute Gasteiger partial charge is 0.380 e. The monoisotopic (exact) mass is 215 g/mol. The lowest BCUT2D eigenvalue weighted by molar-refractivity contribution is 0.141. The summed E-state index contributed by atoms with van der Waals surface area (Å²) in [5, 5.41) is 11.1. The van der Waals surface area contributed by atoms with Gasteiger partial charge in [-0.3, -0.25) is 0 Å². The Labute approximate surface area is 88.6 Å². The standard InChI is InChI=1S/C9H14ClN3O/c1-3-14-6-7(2)11-9-5-4-8(10)12-13-9/h4-5,7H,3,6H2,1-2H3,(H,11,13). The molecular formula is C9H14ClN3O. The number of aromatic nitrogens is 2. The van der Waals surface area contributed by atoms with Gasteiger partial charge < -0.3 is 10.1 Å². The highest BCUT2D eigenvalue weighted by Crippen LogP contribution is 2.07. The van der Waals surface area contributed by atoms with Gasteiger partial charge in [0.05, 0.1) is 6.61 Å². The Hall–Kier alpha value is -0.870. The molecule has 0 saturated heterocycles. The van der Waals surface area contributed by atoms with E-state index < -0.39 is 0 Å². The van der Waals surface area contributed by atoms with Gasteiger partial charge in [-0.15, -0.1) is 10.2 Å². The lowest BCUT2D eigenvalue weighted by Gasteiger charge is -2.13. The van der Waals surface area contributed by atoms with Crippen molar-refractivity contribution in [3.63, 3.8) is 0 Å². The van der Waals surface area contributed by atoms with Gasteiger partial charge in [0.2, 0.25) is 0 Å². The number of nitrogens with one attached hydrogen (secondary N) is 1. The number of nitrogens with zero attached hydrogens (tertiary/aromatic N) is 2. The second kappa shape index (κ2) is 5.78. The van der Waals surface area contributed by atoms with Gasteiger partial charge in [0.15, 0.2) is 5.15 Å². The zero-order valence-corrected chi connectivity index (χ0v) is 9.08. The Morgan fingerprint density at radius 3 is 2.86 bits per heavy atom. The molecule has 14 heavy (non-hydrogen) atoms. The summed E-state index contributed by atoms with van der Waals surface area (Å²) in [5.74, 6) is 0.710. The first kappa shape index (κ1) is 11.2. The molecule has 78 valence electrons. The molecule has 0 bridgehead atoms. The molecule has 1 aromatic heterocycles. The second-order valence-electron chi connectivity index (χ2n) is 2.95. The van der Waals surface area contributed by atoms with Crippen LogP contribution < -0.4 is 5.32 Å². The maximum absolute atomic E-state index is 5.61. The summed E-state index contributed by atoms with van der Waals surface area (Å²) in [6.07, 6.45) is 0. The summed E-state index contributed by atoms with van der Waals surface area (Å²) in [5.41, 5.74) is 0. The van der Waals surface area contributed by atoms with E-state index in [4.69, 9.17) is 16.3 Å². The number of hydrogen-bond donors (Lipinski definition) is 1. The SMILES string of the molecule is CCOCC(C)Nc1ccc(Cl)nn1. The fourth-order valence-electron chi connectivity index (χ4n) is 0.982. The lowest BCUT2D eigenvalue weighted by atomic mass is 10.3. The van der Waals surface area contributed by atoms with Crippen LogP contribution in [0.25, 0.3) is 0 Å². The van der Waals surface area contributed by atoms with Crippen molar-refractivity contribution in [2.75, 3.05) is 18.5 Å². The Kier molecular flexibility index (Phi) is 4.62. The van der Waals surface area contributed by atoms with Gasteiger partial charge in [-0.25, -0.2) is 0 Å². The number of rotatable bonds is 5. The maximum Gasteiger partial charge on any atom is 0.151 e. The fourth-order valence-corrected chi connectivity index (χ4v) is 1.08. The van der Waals surface area contributed by atoms with Gasteiger partial charge in [0.25, 0.3) is 0 Å². The average Bonchev–Trinajstić information content (AvgIpc) is 2.18. The predicted octanol–water partition coefficient (Wildman–Crippen LogP) is 1.97. The van der Waals surface area contributed by atoms with Crippen molar-refractivity contribution in [3.05, 3.63) is 17.3 Å². The van der Waals surface area contributed by atoms with E-state index in [1.807, 2.05) is 13.8 Å². The molecule has 0 amide bonds. The van der Waals surface area contributed by atoms with E-state index >= 15 is 0 Å². The van der Waals surface area contributed by atoms with Crippen LogP contribution in [0.4, 0.5) is 5.82 Å². The van der Waals surface area contributed by atoms with E-state index in [1.165, 1.54) is 0 Å². The Morgan fingerprint density at radius 2 is 2.29 bits per heavy atom. The number of hydrogen-bond acceptors (Lipinski definition) is 4. The molecule has 1 unspecified atom stereocenters. The molecule has 0 saturated carbocycles. The highest BCUT2D eigenvalue weighted by molar-refractivity contribution is 6.29. The molecule has 0 radical (unpaired) electrons. The maximum atomic E-state index is 5.61. The third-order valence-electron chi connectivity index (χ3n) is 1.60. The molecule has 1 atom stereocenters. The predicted molar refractivity (Wildman–Crippen MR) is 56.6 cm³/mol. The number of anilines is 1. The van der Waals surface area contributed by atoms with Crippen LogP contribution in [-0.4, -0.2) is 29.5 Å². The minimum Gasteiger partial charge on any atom is -0.380 e. The zero-order valence-electron chi connectivity index (χ0n) is 8.33. The van der Waals surface area contributed by atoms with Crippen LogP contribution in [0.3, 0.4) is 0 Å². The van der Waals surface area contributed by atoms with E-state index in [1.54, 1.807) is 12.1 Å². The second-order valence-corrected chi connectivity index (χ2v) is 3.33. The van der Waals surface area contributed by atoms with E-state index in [-0.39, 0.29) is 6.04 Å². The normalized spacial score (nSPS) is 12.5. The van der Waals surface area contributed by atoms with Crippen molar-refractivity contribution >= 4 is 17.4 Å². The van der Waals surface area contributed by atoms with Crippen molar-refractivity contribution in [1.29, 1.82) is 0 Å². The molecular weight excluding hydrogens is 202 g/mol. The first-order chi connectivity index (χ1) is 6.72. The molecule has 0 spiro atoms. The molecule has 5 heteroatoms. The molecule has 0 aromatic carbocycles. The van der Waals surface area contributed by atoms with E-state index in [2.05, 4.69) is 15.5 Å². The summed E-state index contributed by atoms with van der Waals surface area (Å²) >= 11 is 5.61. The van der Waals surface area contributed by atoms with Crippen LogP contribution in [0.1, 0.15) is 13.8 Å². The first-order valence-corrected chi connectivity index (χ1v) is 4.93. The van der Waals surface area contributed by atoms with Crippen molar-refractivity contribution in [3.8, 4) is 0 Å². The summed E-state index contributed by atoms with van der Waals surface area (Å²) < 4.78 is 5.25. The van der Waals surface area contributed by atoms with E-state index in [9.17, 15) is 0 Å². The van der Waals surface area contributed by atoms with Crippen molar-refractivity contribution in [2.24, 2.45) is 0 Å². The molecule has 4 nitrogen and oxygen atoms in total. The molecule has 1 heterocycles. The minimum atomic E-state index is 0.213. The third-order valence-corrected chi connectivity index (χ3v) is 1.80. The van der Waals surface area contributed by atoms with Crippen LogP contribution in [0, 0.1) is 0 Å². The van der Waals surface area contributed by atoms with Crippen molar-refractivity contribution in [1.82, 2.24) is 10.2 Å². The summed E-state index contributed by atoms with van der Waals surface area (Å²) in [4.78, 5) is 0. The van der Waals surface area contributed by atoms with Crippen LogP contribution in [0.2, 0.25) is 5.15 Å². The van der Waals surface area contributed by atoms with Crippen LogP contribution in [0.5, 0.6) is 0 Å². The average molecular weight is 216 g/mol. The van der Waals surface area contributed by atoms with Crippen molar-refractivity contribution < 1.29 is 4.74 Å². The van der Waals surface area contributed by atoms with Gasteiger partial charge in [0, 0.05) is 12.6 Å². The number of ether oxygens (including phenoxy) is 1. The van der Waals surface area contributed by atoms with Crippen LogP contribution >= 0.6 is 11.6 Å². The summed E-state index contributed by atoms with van der Waals surface area (Å²) in [6, 6.07) is 3.70. The fraction of sp³-hybridized carbons (Fsp3) is 0.556. The van der Waals surface area contributed by atoms with Gasteiger partial charge >= 0.3 is 0 Å². The zero-order chi connectivity index (χ0) is 10.4. The van der Waals surface area contributed by atoms with Gasteiger partial charge in [-0.2, -0.15) is 0 Å².